The third kappa shape index (κ3) is 0.0728. The summed E-state index contributed by atoms with van der Waals surface area (Å²) in [6.07, 6.45) is 0. The van der Waals surface area contributed by atoms with Gasteiger partial charge >= 0.3 is 0 Å². The molecule has 3 fully saturated rings. The second-order valence-electron chi connectivity index (χ2n) is 2.29. The van der Waals surface area contributed by atoms with Crippen LogP contribution in [0.2, 0.25) is 0 Å². The van der Waals surface area contributed by atoms with Crippen molar-refractivity contribution in [2.75, 3.05) is 15.3 Å². The van der Waals surface area contributed by atoms with Crippen molar-refractivity contribution >= 4 is 18.1 Å². The van der Waals surface area contributed by atoms with Crippen molar-refractivity contribution in [2.45, 2.75) is 0 Å². The SMILES string of the molecule is C1S23CS12C3. The van der Waals surface area contributed by atoms with E-state index in [4.69, 9.17) is 0 Å². The summed E-state index contributed by atoms with van der Waals surface area (Å²) >= 11 is 0. The van der Waals surface area contributed by atoms with Crippen LogP contribution in [0.25, 0.3) is 0 Å². The Bertz CT molecular complexity index is 86.3. The quantitative estimate of drug-likeness (QED) is 0.323. The van der Waals surface area contributed by atoms with Crippen molar-refractivity contribution in [3.63, 3.8) is 0 Å². The molecule has 0 aliphatic carbocycles. The first-order chi connectivity index (χ1) is 2.37. The van der Waals surface area contributed by atoms with E-state index in [2.05, 4.69) is 0 Å². The molecule has 0 aromatic rings. The summed E-state index contributed by atoms with van der Waals surface area (Å²) in [6.45, 7) is 0. The van der Waals surface area contributed by atoms with Crippen LogP contribution < -0.4 is 0 Å². The lowest BCUT2D eigenvalue weighted by Gasteiger charge is -2.06. The molecule has 3 saturated heterocycles. The van der Waals surface area contributed by atoms with Crippen LogP contribution in [-0.2, 0) is 0 Å². The lowest BCUT2D eigenvalue weighted by atomic mass is 11.7. The third-order valence-corrected chi connectivity index (χ3v) is 16.7. The van der Waals surface area contributed by atoms with Gasteiger partial charge in [0, 0.05) is 15.3 Å². The van der Waals surface area contributed by atoms with E-state index in [-0.39, 0.29) is 0 Å². The molecule has 0 saturated carbocycles. The predicted molar refractivity (Wildman–Crippen MR) is 29.8 cm³/mol. The topological polar surface area (TPSA) is 0 Å². The molecule has 0 N–H and O–H groups in total. The summed E-state index contributed by atoms with van der Waals surface area (Å²) in [5, 5.41) is 5.38. The lowest BCUT2D eigenvalue weighted by Crippen LogP contribution is -1.89. The number of hydrogen-bond donors (Lipinski definition) is 0. The van der Waals surface area contributed by atoms with Crippen LogP contribution in [0.5, 0.6) is 0 Å². The molecular formula is C3H6S2. The molecule has 3 rings (SSSR count). The fraction of sp³-hybridized carbons (Fsp3) is 1.00. The summed E-state index contributed by atoms with van der Waals surface area (Å²) < 4.78 is 0. The van der Waals surface area contributed by atoms with Gasteiger partial charge in [-0.2, -0.15) is 18.1 Å². The molecule has 0 amide bonds. The van der Waals surface area contributed by atoms with Gasteiger partial charge in [0.2, 0.25) is 0 Å². The Kier molecular flexibility index (Phi) is 0.111. The second kappa shape index (κ2) is 0.261. The summed E-state index contributed by atoms with van der Waals surface area (Å²) in [7, 11) is 0.958. The predicted octanol–water partition coefficient (Wildman–Crippen LogP) is 1.42. The smallest absolute Gasteiger partial charge is 0.0248 e. The lowest BCUT2D eigenvalue weighted by molar-refractivity contribution is 1.86. The monoisotopic (exact) mass is 106 g/mol. The van der Waals surface area contributed by atoms with Gasteiger partial charge in [-0.05, 0) is 0 Å². The van der Waals surface area contributed by atoms with Gasteiger partial charge in [-0.25, -0.2) is 0 Å². The molecule has 0 spiro atoms. The van der Waals surface area contributed by atoms with E-state index < -0.39 is 0 Å². The van der Waals surface area contributed by atoms with Crippen LogP contribution in [-0.4, -0.2) is 15.3 Å². The zero-order valence-electron chi connectivity index (χ0n) is 2.94. The van der Waals surface area contributed by atoms with Crippen LogP contribution in [0.15, 0.2) is 0 Å². The van der Waals surface area contributed by atoms with E-state index in [0.717, 1.165) is 0 Å². The minimum Gasteiger partial charge on any atom is -0.181 e. The summed E-state index contributed by atoms with van der Waals surface area (Å²) in [5.41, 5.74) is 0. The zero-order valence-corrected chi connectivity index (χ0v) is 4.57. The Balaban J connectivity index is 2.58. The molecule has 0 bridgehead atoms. The van der Waals surface area contributed by atoms with E-state index in [1.165, 1.54) is 0 Å². The van der Waals surface area contributed by atoms with Crippen molar-refractivity contribution < 1.29 is 0 Å². The van der Waals surface area contributed by atoms with Crippen molar-refractivity contribution in [3.8, 4) is 0 Å². The molecule has 0 aromatic heterocycles. The fourth-order valence-corrected chi connectivity index (χ4v) is 16.5. The Morgan fingerprint density at radius 3 is 1.00 bits per heavy atom. The summed E-state index contributed by atoms with van der Waals surface area (Å²) in [4.78, 5) is 0. The normalized spacial score (nSPS) is 117. The number of rotatable bonds is 0. The maximum atomic E-state index is 1.79. The molecule has 5 heavy (non-hydrogen) atoms. The molecular weight excluding hydrogens is 100 g/mol. The van der Waals surface area contributed by atoms with Gasteiger partial charge in [0.25, 0.3) is 0 Å². The van der Waals surface area contributed by atoms with E-state index >= 15 is 0 Å². The molecule has 0 unspecified atom stereocenters. The van der Waals surface area contributed by atoms with Gasteiger partial charge < -0.3 is 0 Å². The summed E-state index contributed by atoms with van der Waals surface area (Å²) in [6, 6.07) is 0. The van der Waals surface area contributed by atoms with Crippen LogP contribution in [0.4, 0.5) is 0 Å². The van der Waals surface area contributed by atoms with E-state index in [1.807, 2.05) is 0 Å². The maximum absolute atomic E-state index is 1.79. The second-order valence-corrected chi connectivity index (χ2v) is 13.2. The van der Waals surface area contributed by atoms with Gasteiger partial charge in [0.15, 0.2) is 0 Å². The Labute approximate surface area is 34.0 Å². The van der Waals surface area contributed by atoms with E-state index in [1.54, 1.807) is 15.3 Å². The van der Waals surface area contributed by atoms with Crippen molar-refractivity contribution in [1.82, 2.24) is 0 Å². The van der Waals surface area contributed by atoms with Gasteiger partial charge in [0.05, 0.1) is 0 Å². The molecule has 0 radical (unpaired) electrons. The van der Waals surface area contributed by atoms with Gasteiger partial charge in [-0.1, -0.05) is 0 Å². The third-order valence-electron chi connectivity index (χ3n) is 1.85. The molecule has 0 aromatic carbocycles. The van der Waals surface area contributed by atoms with Gasteiger partial charge in [-0.3, -0.25) is 0 Å². The molecule has 3 heterocycles. The highest BCUT2D eigenvalue weighted by atomic mass is 33.3. The zero-order chi connectivity index (χ0) is 3.12. The highest BCUT2D eigenvalue weighted by Gasteiger charge is 2.90. The molecule has 3 aliphatic heterocycles. The Morgan fingerprint density at radius 1 is 0.800 bits per heavy atom. The van der Waals surface area contributed by atoms with Crippen LogP contribution in [0.3, 0.4) is 0 Å². The molecule has 0 atom stereocenters. The Hall–Kier alpha value is 0.700. The number of hydrogen-bond acceptors (Lipinski definition) is 0. The molecule has 2 heteroatoms. The van der Waals surface area contributed by atoms with Crippen LogP contribution >= 0.6 is 18.1 Å². The first-order valence-electron chi connectivity index (χ1n) is 1.90. The Morgan fingerprint density at radius 2 is 1.00 bits per heavy atom. The molecule has 0 nitrogen and oxygen atoms in total. The van der Waals surface area contributed by atoms with Crippen LogP contribution in [0, 0.1) is 0 Å². The van der Waals surface area contributed by atoms with Gasteiger partial charge in [0.1, 0.15) is 0 Å². The largest absolute Gasteiger partial charge is 0.181 e. The van der Waals surface area contributed by atoms with Crippen molar-refractivity contribution in [1.29, 1.82) is 0 Å². The first-order valence-corrected chi connectivity index (χ1v) is 6.70. The fourth-order valence-electron chi connectivity index (χ4n) is 1.01. The minimum absolute atomic E-state index is 0.479. The average molecular weight is 106 g/mol. The molecule has 30 valence electrons. The van der Waals surface area contributed by atoms with Crippen LogP contribution in [0.1, 0.15) is 0 Å². The van der Waals surface area contributed by atoms with Crippen molar-refractivity contribution in [3.05, 3.63) is 0 Å². The molecule has 3 aliphatic rings. The average Bonchev–Trinajstić information content (AvgIpc) is 1.30. The standard InChI is InChI=1S/C3H6S2/c1-4-2-5(1,4)3-4/h1-3H2. The van der Waals surface area contributed by atoms with Gasteiger partial charge in [-0.15, -0.1) is 0 Å². The highest BCUT2D eigenvalue weighted by Crippen LogP contribution is 3.34. The maximum Gasteiger partial charge on any atom is 0.0248 e. The first kappa shape index (κ1) is 2.12. The van der Waals surface area contributed by atoms with E-state index in [9.17, 15) is 0 Å². The summed E-state index contributed by atoms with van der Waals surface area (Å²) in [5.74, 6) is 0. The van der Waals surface area contributed by atoms with E-state index in [0.29, 0.717) is 18.1 Å². The highest BCUT2D eigenvalue weighted by molar-refractivity contribution is 9.48. The van der Waals surface area contributed by atoms with Crippen molar-refractivity contribution in [2.24, 2.45) is 0 Å². The minimum atomic E-state index is 0.479.